The van der Waals surface area contributed by atoms with Crippen LogP contribution in [0.3, 0.4) is 0 Å². The summed E-state index contributed by atoms with van der Waals surface area (Å²) in [6, 6.07) is 6.67. The molecular weight excluding hydrogens is 438 g/mol. The van der Waals surface area contributed by atoms with Gasteiger partial charge >= 0.3 is 0 Å². The van der Waals surface area contributed by atoms with Gasteiger partial charge in [0, 0.05) is 17.3 Å². The third-order valence-electron chi connectivity index (χ3n) is 7.27. The molecular formula is C29H39N3O3. The van der Waals surface area contributed by atoms with E-state index < -0.39 is 23.2 Å². The third kappa shape index (κ3) is 5.57. The average Bonchev–Trinajstić information content (AvgIpc) is 3.42. The molecule has 1 aromatic heterocycles. The maximum atomic E-state index is 13.1. The standard InChI is InChI=1S/C29H39N3O3/c1-4-5-6-7-8-9-10-11-12-13-14-17-21-20-32(31-30-21)28-24-26(34)25(33)22-18-15-16-19-23(22)27(24)35-29(28,2)3/h15-16,18-20,28H,4-14,17H2,1-3H3. The number of benzene rings is 1. The van der Waals surface area contributed by atoms with E-state index >= 15 is 0 Å². The van der Waals surface area contributed by atoms with Crippen molar-refractivity contribution in [2.45, 2.75) is 109 Å². The van der Waals surface area contributed by atoms with Crippen LogP contribution in [0.1, 0.15) is 119 Å². The van der Waals surface area contributed by atoms with Crippen LogP contribution in [-0.4, -0.2) is 32.2 Å². The van der Waals surface area contributed by atoms with Crippen LogP contribution >= 0.6 is 0 Å². The van der Waals surface area contributed by atoms with Gasteiger partial charge in [-0.25, -0.2) is 4.68 Å². The monoisotopic (exact) mass is 477 g/mol. The number of carbonyl (C=O) groups is 2. The van der Waals surface area contributed by atoms with Gasteiger partial charge in [0.1, 0.15) is 17.4 Å². The molecule has 1 aromatic carbocycles. The van der Waals surface area contributed by atoms with E-state index in [0.29, 0.717) is 22.5 Å². The molecule has 188 valence electrons. The zero-order chi connectivity index (χ0) is 24.8. The van der Waals surface area contributed by atoms with Gasteiger partial charge in [0.25, 0.3) is 0 Å². The van der Waals surface area contributed by atoms with Crippen molar-refractivity contribution in [2.24, 2.45) is 0 Å². The first-order valence-corrected chi connectivity index (χ1v) is 13.5. The number of aromatic nitrogens is 3. The summed E-state index contributed by atoms with van der Waals surface area (Å²) in [5, 5.41) is 8.73. The number of ether oxygens (including phenoxy) is 1. The molecule has 0 amide bonds. The maximum Gasteiger partial charge on any atom is 0.235 e. The molecule has 4 rings (SSSR count). The van der Waals surface area contributed by atoms with Crippen LogP contribution in [-0.2, 0) is 16.0 Å². The van der Waals surface area contributed by atoms with Gasteiger partial charge in [-0.15, -0.1) is 5.10 Å². The smallest absolute Gasteiger partial charge is 0.235 e. The van der Waals surface area contributed by atoms with Crippen molar-refractivity contribution >= 4 is 17.3 Å². The minimum atomic E-state index is -0.723. The van der Waals surface area contributed by atoms with Crippen LogP contribution in [0.5, 0.6) is 0 Å². The predicted octanol–water partition coefficient (Wildman–Crippen LogP) is 6.66. The Morgan fingerprint density at radius 2 is 1.46 bits per heavy atom. The Morgan fingerprint density at radius 1 is 0.857 bits per heavy atom. The summed E-state index contributed by atoms with van der Waals surface area (Å²) >= 11 is 0. The molecule has 1 aliphatic heterocycles. The summed E-state index contributed by atoms with van der Waals surface area (Å²) in [6.45, 7) is 6.12. The van der Waals surface area contributed by atoms with E-state index in [0.717, 1.165) is 18.5 Å². The summed E-state index contributed by atoms with van der Waals surface area (Å²) in [5.41, 5.74) is 1.68. The van der Waals surface area contributed by atoms with Gasteiger partial charge in [-0.2, -0.15) is 0 Å². The normalized spacial score (nSPS) is 18.5. The summed E-state index contributed by atoms with van der Waals surface area (Å²) in [4.78, 5) is 25.9. The summed E-state index contributed by atoms with van der Waals surface area (Å²) < 4.78 is 7.98. The van der Waals surface area contributed by atoms with E-state index in [-0.39, 0.29) is 0 Å². The zero-order valence-corrected chi connectivity index (χ0v) is 21.5. The van der Waals surface area contributed by atoms with Crippen molar-refractivity contribution in [3.05, 3.63) is 52.9 Å². The van der Waals surface area contributed by atoms with E-state index in [1.807, 2.05) is 32.2 Å². The molecule has 0 saturated heterocycles. The molecule has 1 aliphatic carbocycles. The van der Waals surface area contributed by atoms with Crippen molar-refractivity contribution in [3.8, 4) is 0 Å². The van der Waals surface area contributed by atoms with E-state index in [9.17, 15) is 9.59 Å². The van der Waals surface area contributed by atoms with Crippen molar-refractivity contribution in [1.29, 1.82) is 0 Å². The Bertz CT molecular complexity index is 1080. The Hall–Kier alpha value is -2.76. The fourth-order valence-electron chi connectivity index (χ4n) is 5.37. The molecule has 2 aromatic rings. The molecule has 2 heterocycles. The van der Waals surface area contributed by atoms with Gasteiger partial charge in [-0.3, -0.25) is 9.59 Å². The Morgan fingerprint density at radius 3 is 2.11 bits per heavy atom. The van der Waals surface area contributed by atoms with Crippen LogP contribution in [0.15, 0.2) is 36.0 Å². The van der Waals surface area contributed by atoms with Crippen molar-refractivity contribution in [1.82, 2.24) is 15.0 Å². The second-order valence-electron chi connectivity index (χ2n) is 10.5. The zero-order valence-electron chi connectivity index (χ0n) is 21.5. The van der Waals surface area contributed by atoms with Crippen LogP contribution in [0.25, 0.3) is 5.76 Å². The molecule has 0 spiro atoms. The lowest BCUT2D eigenvalue weighted by molar-refractivity contribution is -0.112. The lowest BCUT2D eigenvalue weighted by atomic mass is 9.83. The lowest BCUT2D eigenvalue weighted by Crippen LogP contribution is -2.35. The maximum absolute atomic E-state index is 13.1. The molecule has 0 N–H and O–H groups in total. The first-order valence-electron chi connectivity index (χ1n) is 13.5. The summed E-state index contributed by atoms with van der Waals surface area (Å²) in [6.07, 6.45) is 17.2. The van der Waals surface area contributed by atoms with Gasteiger partial charge < -0.3 is 4.74 Å². The molecule has 0 radical (unpaired) electrons. The number of ketones is 2. The molecule has 1 unspecified atom stereocenters. The molecule has 6 heteroatoms. The third-order valence-corrected chi connectivity index (χ3v) is 7.27. The number of nitrogens with zero attached hydrogens (tertiary/aromatic N) is 3. The highest BCUT2D eigenvalue weighted by molar-refractivity contribution is 6.52. The topological polar surface area (TPSA) is 74.1 Å². The largest absolute Gasteiger partial charge is 0.484 e. The van der Waals surface area contributed by atoms with Gasteiger partial charge in [-0.1, -0.05) is 101 Å². The van der Waals surface area contributed by atoms with Crippen LogP contribution in [0.4, 0.5) is 0 Å². The fourth-order valence-corrected chi connectivity index (χ4v) is 5.37. The van der Waals surface area contributed by atoms with Crippen molar-refractivity contribution in [3.63, 3.8) is 0 Å². The first-order chi connectivity index (χ1) is 16.9. The van der Waals surface area contributed by atoms with Gasteiger partial charge in [0.2, 0.25) is 11.6 Å². The van der Waals surface area contributed by atoms with Crippen LogP contribution in [0, 0.1) is 0 Å². The summed E-state index contributed by atoms with van der Waals surface area (Å²) in [5.74, 6) is -0.480. The SMILES string of the molecule is CCCCCCCCCCCCCc1cn(C2C3=C(OC2(C)C)c2ccccc2C(=O)C3=O)nn1. The number of aryl methyl sites for hydroxylation is 1. The van der Waals surface area contributed by atoms with E-state index in [1.165, 1.54) is 64.2 Å². The summed E-state index contributed by atoms with van der Waals surface area (Å²) in [7, 11) is 0. The number of fused-ring (bicyclic) bond motifs is 2. The number of Topliss-reactive ketones (excluding diaryl/α,β-unsaturated/α-hetero) is 2. The quantitative estimate of drug-likeness (QED) is 0.238. The van der Waals surface area contributed by atoms with E-state index in [2.05, 4.69) is 17.2 Å². The number of rotatable bonds is 13. The Kier molecular flexibility index (Phi) is 8.19. The second kappa shape index (κ2) is 11.3. The number of hydrogen-bond donors (Lipinski definition) is 0. The average molecular weight is 478 g/mol. The highest BCUT2D eigenvalue weighted by Crippen LogP contribution is 2.49. The highest BCUT2D eigenvalue weighted by Gasteiger charge is 2.52. The van der Waals surface area contributed by atoms with Crippen molar-refractivity contribution in [2.75, 3.05) is 0 Å². The van der Waals surface area contributed by atoms with Crippen LogP contribution in [0.2, 0.25) is 0 Å². The number of carbonyl (C=O) groups excluding carboxylic acids is 2. The van der Waals surface area contributed by atoms with Crippen molar-refractivity contribution < 1.29 is 14.3 Å². The van der Waals surface area contributed by atoms with Gasteiger partial charge in [0.15, 0.2) is 0 Å². The molecule has 35 heavy (non-hydrogen) atoms. The molecule has 6 nitrogen and oxygen atoms in total. The van der Waals surface area contributed by atoms with E-state index in [4.69, 9.17) is 4.74 Å². The lowest BCUT2D eigenvalue weighted by Gasteiger charge is -2.27. The minimum Gasteiger partial charge on any atom is -0.484 e. The predicted molar refractivity (Wildman–Crippen MR) is 137 cm³/mol. The Balaban J connectivity index is 1.32. The number of unbranched alkanes of at least 4 members (excludes halogenated alkanes) is 10. The molecule has 0 bridgehead atoms. The van der Waals surface area contributed by atoms with Gasteiger partial charge in [-0.05, 0) is 26.7 Å². The van der Waals surface area contributed by atoms with Gasteiger partial charge in [0.05, 0.1) is 11.3 Å². The molecule has 1 atom stereocenters. The van der Waals surface area contributed by atoms with Crippen LogP contribution < -0.4 is 0 Å². The molecule has 0 fully saturated rings. The highest BCUT2D eigenvalue weighted by atomic mass is 16.5. The molecule has 0 saturated carbocycles. The minimum absolute atomic E-state index is 0.393. The molecule has 2 aliphatic rings. The fraction of sp³-hybridized carbons (Fsp3) is 0.586. The Labute approximate surface area is 209 Å². The number of hydrogen-bond acceptors (Lipinski definition) is 5. The van der Waals surface area contributed by atoms with E-state index in [1.54, 1.807) is 16.8 Å². The first kappa shape index (κ1) is 25.3. The second-order valence-corrected chi connectivity index (χ2v) is 10.5.